The van der Waals surface area contributed by atoms with E-state index in [1.807, 2.05) is 0 Å². The molecule has 0 N–H and O–H groups in total. The van der Waals surface area contributed by atoms with Crippen LogP contribution in [0.4, 0.5) is 5.69 Å². The molecule has 0 bridgehead atoms. The van der Waals surface area contributed by atoms with E-state index in [2.05, 4.69) is 73.8 Å². The molecule has 0 atom stereocenters. The maximum Gasteiger partial charge on any atom is 2.00 e. The van der Waals surface area contributed by atoms with Gasteiger partial charge in [-0.15, -0.1) is 0 Å². The van der Waals surface area contributed by atoms with Crippen LogP contribution in [0.15, 0.2) is 30.3 Å². The van der Waals surface area contributed by atoms with Crippen molar-refractivity contribution in [3.8, 4) is 0 Å². The molecule has 0 radical (unpaired) electrons. The summed E-state index contributed by atoms with van der Waals surface area (Å²) in [5, 5.41) is 0. The van der Waals surface area contributed by atoms with E-state index in [-0.39, 0.29) is 57.0 Å². The third kappa shape index (κ3) is 7.09. The monoisotopic (exact) mass is 419 g/mol. The summed E-state index contributed by atoms with van der Waals surface area (Å²) in [4.78, 5) is 0. The predicted octanol–water partition coefficient (Wildman–Crippen LogP) is -2.21. The number of halogens is 2. The van der Waals surface area contributed by atoms with Crippen LogP contribution in [0.5, 0.6) is 0 Å². The van der Waals surface area contributed by atoms with Crippen LogP contribution in [0.2, 0.25) is 39.3 Å². The molecule has 0 aromatic heterocycles. The van der Waals surface area contributed by atoms with Crippen molar-refractivity contribution in [3.05, 3.63) is 30.3 Å². The van der Waals surface area contributed by atoms with Crippen LogP contribution in [0.1, 0.15) is 0 Å². The Hall–Kier alpha value is 1.18. The van der Waals surface area contributed by atoms with Gasteiger partial charge in [-0.2, -0.15) is 0 Å². The molecule has 0 fully saturated rings. The van der Waals surface area contributed by atoms with Crippen molar-refractivity contribution in [1.29, 1.82) is 0 Å². The predicted molar refractivity (Wildman–Crippen MR) is 81.4 cm³/mol. The molecule has 1 aromatic carbocycles. The number of nitrogens with zero attached hydrogens (tertiary/aromatic N) is 1. The van der Waals surface area contributed by atoms with E-state index < -0.39 is 16.5 Å². The van der Waals surface area contributed by atoms with Gasteiger partial charge < -0.3 is 38.2 Å². The average Bonchev–Trinajstić information content (AvgIpc) is 2.00. The van der Waals surface area contributed by atoms with E-state index in [4.69, 9.17) is 0 Å². The first kappa shape index (κ1) is 24.2. The fourth-order valence-electron chi connectivity index (χ4n) is 2.36. The Morgan fingerprint density at radius 3 is 1.33 bits per heavy atom. The van der Waals surface area contributed by atoms with Crippen LogP contribution in [0.25, 0.3) is 0 Å². The first-order chi connectivity index (χ1) is 6.73. The number of para-hydroxylation sites is 1. The molecule has 0 aliphatic rings. The van der Waals surface area contributed by atoms with Gasteiger partial charge in [0.1, 0.15) is 16.5 Å². The van der Waals surface area contributed by atoms with Crippen molar-refractivity contribution in [1.82, 2.24) is 0 Å². The van der Waals surface area contributed by atoms with Gasteiger partial charge in [0, 0.05) is 5.69 Å². The van der Waals surface area contributed by atoms with Gasteiger partial charge in [0.2, 0.25) is 0 Å². The molecular formula is C12H23Br2MgNSi2. The second-order valence-electron chi connectivity index (χ2n) is 6.01. The summed E-state index contributed by atoms with van der Waals surface area (Å²) in [6.07, 6.45) is 0. The van der Waals surface area contributed by atoms with Crippen LogP contribution in [-0.4, -0.2) is 39.5 Å². The van der Waals surface area contributed by atoms with Crippen LogP contribution in [0, 0.1) is 0 Å². The molecule has 0 amide bonds. The Balaban J connectivity index is -0.000000750. The van der Waals surface area contributed by atoms with Gasteiger partial charge >= 0.3 is 23.1 Å². The maximum absolute atomic E-state index is 2.74. The number of benzene rings is 1. The van der Waals surface area contributed by atoms with Crippen LogP contribution in [-0.2, 0) is 0 Å². The van der Waals surface area contributed by atoms with Crippen molar-refractivity contribution in [2.24, 2.45) is 0 Å². The molecule has 0 saturated carbocycles. The van der Waals surface area contributed by atoms with Crippen molar-refractivity contribution >= 4 is 45.2 Å². The molecule has 0 aliphatic heterocycles. The number of hydrogen-bond donors (Lipinski definition) is 0. The zero-order chi connectivity index (χ0) is 11.7. The smallest absolute Gasteiger partial charge is 1.00 e. The van der Waals surface area contributed by atoms with Gasteiger partial charge in [-0.1, -0.05) is 57.5 Å². The zero-order valence-electron chi connectivity index (χ0n) is 12.3. The molecule has 0 saturated heterocycles. The van der Waals surface area contributed by atoms with Crippen molar-refractivity contribution in [3.63, 3.8) is 0 Å². The van der Waals surface area contributed by atoms with Crippen LogP contribution >= 0.6 is 0 Å². The Morgan fingerprint density at radius 1 is 0.722 bits per heavy atom. The minimum Gasteiger partial charge on any atom is -1.00 e. The van der Waals surface area contributed by atoms with E-state index >= 15 is 0 Å². The van der Waals surface area contributed by atoms with Gasteiger partial charge in [-0.3, -0.25) is 0 Å². The molecule has 1 rings (SSSR count). The summed E-state index contributed by atoms with van der Waals surface area (Å²) in [7, 11) is -2.54. The quantitative estimate of drug-likeness (QED) is 0.501. The number of hydrogen-bond acceptors (Lipinski definition) is 1. The molecule has 1 nitrogen and oxygen atoms in total. The molecule has 6 heteroatoms. The molecule has 0 spiro atoms. The molecular weight excluding hydrogens is 398 g/mol. The van der Waals surface area contributed by atoms with Gasteiger partial charge in [0.15, 0.2) is 0 Å². The average molecular weight is 422 g/mol. The van der Waals surface area contributed by atoms with Crippen molar-refractivity contribution in [2.75, 3.05) is 4.23 Å². The zero-order valence-corrected chi connectivity index (χ0v) is 18.9. The summed E-state index contributed by atoms with van der Waals surface area (Å²) < 4.78 is 2.74. The van der Waals surface area contributed by atoms with E-state index in [0.29, 0.717) is 0 Å². The van der Waals surface area contributed by atoms with Crippen molar-refractivity contribution < 1.29 is 34.0 Å². The minimum absolute atomic E-state index is 0. The topological polar surface area (TPSA) is 3.24 Å². The third-order valence-electron chi connectivity index (χ3n) is 2.36. The van der Waals surface area contributed by atoms with Gasteiger partial charge in [-0.25, -0.2) is 0 Å². The molecule has 1 aromatic rings. The van der Waals surface area contributed by atoms with Crippen LogP contribution < -0.4 is 38.2 Å². The Labute approximate surface area is 152 Å². The summed E-state index contributed by atoms with van der Waals surface area (Å²) in [6.45, 7) is 14.6. The van der Waals surface area contributed by atoms with Crippen molar-refractivity contribution in [2.45, 2.75) is 39.3 Å². The number of anilines is 1. The Bertz CT molecular complexity index is 309. The van der Waals surface area contributed by atoms with Gasteiger partial charge in [0.25, 0.3) is 0 Å². The standard InChI is InChI=1S/C12H23NSi2.2BrH.Mg/c1-14(2,3)13(15(4,5)6)12-10-8-7-9-11-12;;;/h7-11H,1-6H3;2*1H;/q;;;+2/p-2. The summed E-state index contributed by atoms with van der Waals surface area (Å²) in [5.74, 6) is 0. The second kappa shape index (κ2) is 9.18. The van der Waals surface area contributed by atoms with Gasteiger partial charge in [-0.05, 0) is 12.1 Å². The largest absolute Gasteiger partial charge is 2.00 e. The molecule has 0 unspecified atom stereocenters. The minimum atomic E-state index is -1.27. The SMILES string of the molecule is C[Si](C)(C)N(c1ccccc1)[Si](C)(C)C.[Br-].[Br-].[Mg+2]. The van der Waals surface area contributed by atoms with Crippen LogP contribution in [0.3, 0.4) is 0 Å². The first-order valence-electron chi connectivity index (χ1n) is 5.58. The fourth-order valence-corrected chi connectivity index (χ4v) is 12.3. The molecule has 100 valence electrons. The fraction of sp³-hybridized carbons (Fsp3) is 0.500. The Kier molecular flexibility index (Phi) is 12.3. The molecule has 18 heavy (non-hydrogen) atoms. The van der Waals surface area contributed by atoms with E-state index in [9.17, 15) is 0 Å². The third-order valence-corrected chi connectivity index (χ3v) is 9.58. The summed E-state index contributed by atoms with van der Waals surface area (Å²) in [6, 6.07) is 10.9. The molecule has 0 aliphatic carbocycles. The Morgan fingerprint density at radius 2 is 1.06 bits per heavy atom. The summed E-state index contributed by atoms with van der Waals surface area (Å²) in [5.41, 5.74) is 1.41. The van der Waals surface area contributed by atoms with E-state index in [1.165, 1.54) is 5.69 Å². The van der Waals surface area contributed by atoms with Gasteiger partial charge in [0.05, 0.1) is 0 Å². The normalized spacial score (nSPS) is 10.6. The van der Waals surface area contributed by atoms with E-state index in [0.717, 1.165) is 0 Å². The second-order valence-corrected chi connectivity index (χ2v) is 16.0. The molecule has 0 heterocycles. The maximum atomic E-state index is 2.74. The number of rotatable bonds is 3. The van der Waals surface area contributed by atoms with E-state index in [1.54, 1.807) is 0 Å². The first-order valence-corrected chi connectivity index (χ1v) is 12.5. The summed E-state index contributed by atoms with van der Waals surface area (Å²) >= 11 is 0.